The van der Waals surface area contributed by atoms with Gasteiger partial charge in [0.15, 0.2) is 0 Å². The highest BCUT2D eigenvalue weighted by atomic mass is 35.5. The van der Waals surface area contributed by atoms with E-state index in [2.05, 4.69) is 10.3 Å². The van der Waals surface area contributed by atoms with E-state index < -0.39 is 11.5 Å². The topological polar surface area (TPSA) is 84.3 Å². The summed E-state index contributed by atoms with van der Waals surface area (Å²) in [5.74, 6) is -0.711. The molecule has 28 heavy (non-hydrogen) atoms. The Morgan fingerprint density at radius 1 is 1.14 bits per heavy atom. The van der Waals surface area contributed by atoms with E-state index in [1.54, 1.807) is 55.5 Å². The van der Waals surface area contributed by atoms with Crippen LogP contribution in [0.15, 0.2) is 53.3 Å². The summed E-state index contributed by atoms with van der Waals surface area (Å²) in [6.07, 6.45) is 0. The van der Waals surface area contributed by atoms with Crippen LogP contribution in [-0.4, -0.2) is 27.9 Å². The minimum absolute atomic E-state index is 0.000700. The van der Waals surface area contributed by atoms with Crippen LogP contribution in [-0.2, 0) is 16.1 Å². The number of nitrogens with one attached hydrogen (secondary N) is 1. The Morgan fingerprint density at radius 3 is 2.50 bits per heavy atom. The average molecular weight is 399 g/mol. The van der Waals surface area contributed by atoms with Gasteiger partial charge in [0, 0.05) is 13.5 Å². The second-order valence-electron chi connectivity index (χ2n) is 6.11. The standard InChI is InChI=1S/C20H19ClN4O3/c1-3-24(13(2)26)19-20(28)25(17-11-7-6-10-16(17)23-19)12-18(27)22-15-9-5-4-8-14(15)21/h4-11H,3,12H2,1-2H3,(H,22,27). The molecule has 8 heteroatoms. The molecule has 2 amide bonds. The number of anilines is 2. The lowest BCUT2D eigenvalue weighted by Crippen LogP contribution is -2.38. The summed E-state index contributed by atoms with van der Waals surface area (Å²) in [4.78, 5) is 43.2. The van der Waals surface area contributed by atoms with E-state index in [9.17, 15) is 14.4 Å². The second-order valence-corrected chi connectivity index (χ2v) is 6.51. The van der Waals surface area contributed by atoms with Crippen molar-refractivity contribution in [1.82, 2.24) is 9.55 Å². The van der Waals surface area contributed by atoms with E-state index in [0.29, 0.717) is 28.3 Å². The first kappa shape index (κ1) is 19.6. The van der Waals surface area contributed by atoms with Crippen molar-refractivity contribution in [1.29, 1.82) is 0 Å². The van der Waals surface area contributed by atoms with Crippen LogP contribution in [0.5, 0.6) is 0 Å². The Labute approximate surface area is 166 Å². The molecule has 0 fully saturated rings. The van der Waals surface area contributed by atoms with Crippen molar-refractivity contribution in [2.75, 3.05) is 16.8 Å². The Balaban J connectivity index is 2.05. The number of hydrogen-bond donors (Lipinski definition) is 1. The van der Waals surface area contributed by atoms with E-state index in [1.165, 1.54) is 16.4 Å². The largest absolute Gasteiger partial charge is 0.323 e. The number of amides is 2. The van der Waals surface area contributed by atoms with E-state index in [4.69, 9.17) is 11.6 Å². The lowest BCUT2D eigenvalue weighted by molar-refractivity contribution is -0.117. The highest BCUT2D eigenvalue weighted by Crippen LogP contribution is 2.21. The van der Waals surface area contributed by atoms with E-state index in [1.807, 2.05) is 0 Å². The molecule has 3 aromatic rings. The summed E-state index contributed by atoms with van der Waals surface area (Å²) >= 11 is 6.08. The number of fused-ring (bicyclic) bond motifs is 1. The van der Waals surface area contributed by atoms with Gasteiger partial charge in [0.05, 0.1) is 21.7 Å². The first-order valence-electron chi connectivity index (χ1n) is 8.74. The molecule has 0 aliphatic rings. The third kappa shape index (κ3) is 3.89. The van der Waals surface area contributed by atoms with Crippen molar-refractivity contribution in [3.63, 3.8) is 0 Å². The number of halogens is 1. The molecular formula is C20H19ClN4O3. The smallest absolute Gasteiger partial charge is 0.294 e. The number of carbonyl (C=O) groups excluding carboxylic acids is 2. The zero-order valence-electron chi connectivity index (χ0n) is 15.5. The third-order valence-corrected chi connectivity index (χ3v) is 4.57. The number of aromatic nitrogens is 2. The van der Waals surface area contributed by atoms with Gasteiger partial charge in [0.25, 0.3) is 5.56 Å². The second kappa shape index (κ2) is 8.22. The van der Waals surface area contributed by atoms with Crippen molar-refractivity contribution in [3.8, 4) is 0 Å². The van der Waals surface area contributed by atoms with Crippen molar-refractivity contribution >= 4 is 46.0 Å². The maximum atomic E-state index is 13.0. The Bertz CT molecular complexity index is 1110. The predicted octanol–water partition coefficient (Wildman–Crippen LogP) is 3.06. The van der Waals surface area contributed by atoms with Crippen LogP contribution >= 0.6 is 11.6 Å². The molecule has 0 unspecified atom stereocenters. The van der Waals surface area contributed by atoms with Gasteiger partial charge in [-0.25, -0.2) is 4.98 Å². The van der Waals surface area contributed by atoms with E-state index in [-0.39, 0.29) is 18.3 Å². The molecular weight excluding hydrogens is 380 g/mol. The molecule has 2 aromatic carbocycles. The normalized spacial score (nSPS) is 10.7. The monoisotopic (exact) mass is 398 g/mol. The van der Waals surface area contributed by atoms with Crippen LogP contribution in [0.3, 0.4) is 0 Å². The van der Waals surface area contributed by atoms with Gasteiger partial charge in [-0.1, -0.05) is 35.9 Å². The van der Waals surface area contributed by atoms with Gasteiger partial charge in [-0.15, -0.1) is 0 Å². The first-order chi connectivity index (χ1) is 13.4. The number of benzene rings is 2. The molecule has 7 nitrogen and oxygen atoms in total. The van der Waals surface area contributed by atoms with Crippen molar-refractivity contribution in [2.24, 2.45) is 0 Å². The summed E-state index contributed by atoms with van der Waals surface area (Å²) in [5.41, 5.74) is 0.970. The minimum atomic E-state index is -0.509. The maximum Gasteiger partial charge on any atom is 0.294 e. The molecule has 0 spiro atoms. The van der Waals surface area contributed by atoms with Crippen LogP contribution in [0.2, 0.25) is 5.02 Å². The maximum absolute atomic E-state index is 13.0. The lowest BCUT2D eigenvalue weighted by Gasteiger charge is -2.19. The van der Waals surface area contributed by atoms with E-state index >= 15 is 0 Å². The van der Waals surface area contributed by atoms with E-state index in [0.717, 1.165) is 0 Å². The van der Waals surface area contributed by atoms with Crippen molar-refractivity contribution in [2.45, 2.75) is 20.4 Å². The van der Waals surface area contributed by atoms with Crippen molar-refractivity contribution < 1.29 is 9.59 Å². The Kier molecular flexibility index (Phi) is 5.75. The summed E-state index contributed by atoms with van der Waals surface area (Å²) in [7, 11) is 0. The first-order valence-corrected chi connectivity index (χ1v) is 9.12. The molecule has 0 atom stereocenters. The summed E-state index contributed by atoms with van der Waals surface area (Å²) in [5, 5.41) is 3.10. The Morgan fingerprint density at radius 2 is 1.82 bits per heavy atom. The third-order valence-electron chi connectivity index (χ3n) is 4.24. The fourth-order valence-corrected chi connectivity index (χ4v) is 3.11. The minimum Gasteiger partial charge on any atom is -0.323 e. The van der Waals surface area contributed by atoms with Crippen LogP contribution in [0.25, 0.3) is 11.0 Å². The van der Waals surface area contributed by atoms with Gasteiger partial charge < -0.3 is 5.32 Å². The fraction of sp³-hybridized carbons (Fsp3) is 0.200. The average Bonchev–Trinajstić information content (AvgIpc) is 2.67. The molecule has 3 rings (SSSR count). The molecule has 1 aromatic heterocycles. The number of para-hydroxylation sites is 3. The zero-order chi connectivity index (χ0) is 20.3. The van der Waals surface area contributed by atoms with Crippen LogP contribution in [0.1, 0.15) is 13.8 Å². The molecule has 0 radical (unpaired) electrons. The molecule has 0 saturated heterocycles. The molecule has 1 N–H and O–H groups in total. The number of nitrogens with zero attached hydrogens (tertiary/aromatic N) is 3. The Hall–Kier alpha value is -3.19. The van der Waals surface area contributed by atoms with Crippen LogP contribution in [0, 0.1) is 0 Å². The van der Waals surface area contributed by atoms with Gasteiger partial charge in [-0.3, -0.25) is 23.9 Å². The quantitative estimate of drug-likeness (QED) is 0.715. The van der Waals surface area contributed by atoms with Crippen molar-refractivity contribution in [3.05, 3.63) is 63.9 Å². The SMILES string of the molecule is CCN(C(C)=O)c1nc2ccccc2n(CC(=O)Nc2ccccc2Cl)c1=O. The molecule has 1 heterocycles. The van der Waals surface area contributed by atoms with Gasteiger partial charge in [-0.2, -0.15) is 0 Å². The fourth-order valence-electron chi connectivity index (χ4n) is 2.93. The van der Waals surface area contributed by atoms with Gasteiger partial charge in [-0.05, 0) is 31.2 Å². The van der Waals surface area contributed by atoms with Gasteiger partial charge >= 0.3 is 0 Å². The zero-order valence-corrected chi connectivity index (χ0v) is 16.2. The highest BCUT2D eigenvalue weighted by Gasteiger charge is 2.20. The van der Waals surface area contributed by atoms with Gasteiger partial charge in [0.2, 0.25) is 17.6 Å². The highest BCUT2D eigenvalue weighted by molar-refractivity contribution is 6.33. The molecule has 0 saturated carbocycles. The number of hydrogen-bond acceptors (Lipinski definition) is 4. The molecule has 0 aliphatic heterocycles. The van der Waals surface area contributed by atoms with Gasteiger partial charge in [0.1, 0.15) is 6.54 Å². The molecule has 0 aliphatic carbocycles. The summed E-state index contributed by atoms with van der Waals surface area (Å²) < 4.78 is 1.31. The molecule has 144 valence electrons. The van der Waals surface area contributed by atoms with Crippen LogP contribution < -0.4 is 15.8 Å². The summed E-state index contributed by atoms with van der Waals surface area (Å²) in [6, 6.07) is 13.8. The summed E-state index contributed by atoms with van der Waals surface area (Å²) in [6.45, 7) is 3.18. The van der Waals surface area contributed by atoms with Crippen LogP contribution in [0.4, 0.5) is 11.5 Å². The lowest BCUT2D eigenvalue weighted by atomic mass is 10.2. The predicted molar refractivity (Wildman–Crippen MR) is 110 cm³/mol. The molecule has 0 bridgehead atoms. The number of carbonyl (C=O) groups is 2. The number of rotatable bonds is 5.